The SMILES string of the molecule is COc1cc(C(C)=O)ccc1OCCCCN1CCN(c2ccccc2)CC1.Cl. The average Bonchev–Trinajstić information content (AvgIpc) is 2.74. The molecule has 1 aliphatic rings. The lowest BCUT2D eigenvalue weighted by Gasteiger charge is -2.36. The highest BCUT2D eigenvalue weighted by Gasteiger charge is 2.16. The molecule has 0 unspecified atom stereocenters. The third kappa shape index (κ3) is 6.65. The zero-order chi connectivity index (χ0) is 19.8. The van der Waals surface area contributed by atoms with Crippen LogP contribution in [0.2, 0.25) is 0 Å². The fraction of sp³-hybridized carbons (Fsp3) is 0.435. The number of para-hydroxylation sites is 1. The number of ether oxygens (including phenoxy) is 2. The molecule has 0 aromatic heterocycles. The minimum atomic E-state index is 0. The van der Waals surface area contributed by atoms with E-state index < -0.39 is 0 Å². The van der Waals surface area contributed by atoms with E-state index in [0.717, 1.165) is 45.6 Å². The quantitative estimate of drug-likeness (QED) is 0.448. The fourth-order valence-electron chi connectivity index (χ4n) is 3.49. The summed E-state index contributed by atoms with van der Waals surface area (Å²) in [6, 6.07) is 16.0. The molecule has 6 heteroatoms. The summed E-state index contributed by atoms with van der Waals surface area (Å²) in [6.45, 7) is 7.69. The van der Waals surface area contributed by atoms with Gasteiger partial charge < -0.3 is 14.4 Å². The van der Waals surface area contributed by atoms with E-state index in [1.165, 1.54) is 5.69 Å². The predicted octanol–water partition coefficient (Wildman–Crippen LogP) is 4.30. The van der Waals surface area contributed by atoms with Crippen molar-refractivity contribution < 1.29 is 14.3 Å². The first kappa shape index (κ1) is 23.0. The number of piperazine rings is 1. The molecule has 1 fully saturated rings. The summed E-state index contributed by atoms with van der Waals surface area (Å²) < 4.78 is 11.2. The molecule has 2 aromatic rings. The van der Waals surface area contributed by atoms with Crippen LogP contribution in [0.25, 0.3) is 0 Å². The van der Waals surface area contributed by atoms with E-state index in [9.17, 15) is 4.79 Å². The van der Waals surface area contributed by atoms with E-state index in [-0.39, 0.29) is 18.2 Å². The van der Waals surface area contributed by atoms with Crippen LogP contribution in [0.15, 0.2) is 48.5 Å². The minimum absolute atomic E-state index is 0. The van der Waals surface area contributed by atoms with E-state index in [1.54, 1.807) is 26.2 Å². The van der Waals surface area contributed by atoms with Crippen molar-refractivity contribution >= 4 is 23.9 Å². The number of ketones is 1. The van der Waals surface area contributed by atoms with Crippen molar-refractivity contribution in [2.45, 2.75) is 19.8 Å². The maximum atomic E-state index is 11.5. The molecule has 0 aliphatic carbocycles. The molecule has 5 nitrogen and oxygen atoms in total. The summed E-state index contributed by atoms with van der Waals surface area (Å²) in [6.07, 6.45) is 2.11. The van der Waals surface area contributed by atoms with Crippen molar-refractivity contribution in [1.82, 2.24) is 4.90 Å². The third-order valence-corrected chi connectivity index (χ3v) is 5.19. The van der Waals surface area contributed by atoms with Crippen LogP contribution in [0.1, 0.15) is 30.1 Å². The summed E-state index contributed by atoms with van der Waals surface area (Å²) in [7, 11) is 1.60. The van der Waals surface area contributed by atoms with Crippen LogP contribution in [0.5, 0.6) is 11.5 Å². The molecule has 0 bridgehead atoms. The van der Waals surface area contributed by atoms with Crippen LogP contribution in [0.3, 0.4) is 0 Å². The normalized spacial score (nSPS) is 14.2. The highest BCUT2D eigenvalue weighted by molar-refractivity contribution is 5.94. The number of carbonyl (C=O) groups excluding carboxylic acids is 1. The van der Waals surface area contributed by atoms with Gasteiger partial charge in [-0.25, -0.2) is 0 Å². The molecule has 0 radical (unpaired) electrons. The number of carbonyl (C=O) groups is 1. The van der Waals surface area contributed by atoms with E-state index >= 15 is 0 Å². The van der Waals surface area contributed by atoms with Gasteiger partial charge in [0.15, 0.2) is 17.3 Å². The first-order valence-corrected chi connectivity index (χ1v) is 10.0. The van der Waals surface area contributed by atoms with Gasteiger partial charge in [-0.2, -0.15) is 0 Å². The van der Waals surface area contributed by atoms with Gasteiger partial charge in [-0.1, -0.05) is 18.2 Å². The Bertz CT molecular complexity index is 762. The summed E-state index contributed by atoms with van der Waals surface area (Å²) in [5.41, 5.74) is 1.96. The van der Waals surface area contributed by atoms with E-state index in [0.29, 0.717) is 23.7 Å². The smallest absolute Gasteiger partial charge is 0.161 e. The molecular formula is C23H31ClN2O3. The predicted molar refractivity (Wildman–Crippen MR) is 120 cm³/mol. The van der Waals surface area contributed by atoms with Crippen molar-refractivity contribution in [2.24, 2.45) is 0 Å². The summed E-state index contributed by atoms with van der Waals surface area (Å²) in [4.78, 5) is 16.5. The second-order valence-corrected chi connectivity index (χ2v) is 7.14. The Balaban J connectivity index is 0.00000300. The number of hydrogen-bond donors (Lipinski definition) is 0. The van der Waals surface area contributed by atoms with Gasteiger partial charge in [-0.15, -0.1) is 12.4 Å². The number of anilines is 1. The molecule has 0 N–H and O–H groups in total. The highest BCUT2D eigenvalue weighted by Crippen LogP contribution is 2.28. The van der Waals surface area contributed by atoms with Gasteiger partial charge in [0.2, 0.25) is 0 Å². The van der Waals surface area contributed by atoms with Gasteiger partial charge >= 0.3 is 0 Å². The van der Waals surface area contributed by atoms with E-state index in [1.807, 2.05) is 6.07 Å². The zero-order valence-corrected chi connectivity index (χ0v) is 18.1. The number of nitrogens with zero attached hydrogens (tertiary/aromatic N) is 2. The first-order valence-electron chi connectivity index (χ1n) is 10.0. The number of methoxy groups -OCH3 is 1. The van der Waals surface area contributed by atoms with Gasteiger partial charge in [0.05, 0.1) is 13.7 Å². The number of halogens is 1. The van der Waals surface area contributed by atoms with Gasteiger partial charge in [0, 0.05) is 37.4 Å². The average molecular weight is 419 g/mol. The number of hydrogen-bond acceptors (Lipinski definition) is 5. The summed E-state index contributed by atoms with van der Waals surface area (Å²) >= 11 is 0. The maximum absolute atomic E-state index is 11.5. The standard InChI is InChI=1S/C23H30N2O3.ClH/c1-19(26)20-10-11-22(23(18-20)27-2)28-17-7-6-12-24-13-15-25(16-14-24)21-8-4-3-5-9-21;/h3-5,8-11,18H,6-7,12-17H2,1-2H3;1H. The van der Waals surface area contributed by atoms with Crippen molar-refractivity contribution in [3.63, 3.8) is 0 Å². The Kier molecular flexibility index (Phi) is 9.29. The Morgan fingerprint density at radius 3 is 2.34 bits per heavy atom. The van der Waals surface area contributed by atoms with Crippen molar-refractivity contribution in [2.75, 3.05) is 51.3 Å². The van der Waals surface area contributed by atoms with Crippen molar-refractivity contribution in [3.05, 3.63) is 54.1 Å². The second kappa shape index (κ2) is 11.7. The second-order valence-electron chi connectivity index (χ2n) is 7.14. The van der Waals surface area contributed by atoms with Crippen LogP contribution in [-0.2, 0) is 0 Å². The lowest BCUT2D eigenvalue weighted by Crippen LogP contribution is -2.46. The van der Waals surface area contributed by atoms with Gasteiger partial charge in [-0.05, 0) is 56.6 Å². The molecule has 158 valence electrons. The lowest BCUT2D eigenvalue weighted by atomic mass is 10.1. The van der Waals surface area contributed by atoms with Crippen molar-refractivity contribution in [1.29, 1.82) is 0 Å². The molecule has 1 heterocycles. The molecule has 0 amide bonds. The van der Waals surface area contributed by atoms with Crippen molar-refractivity contribution in [3.8, 4) is 11.5 Å². The summed E-state index contributed by atoms with van der Waals surface area (Å²) in [5.74, 6) is 1.34. The monoisotopic (exact) mass is 418 g/mol. The van der Waals surface area contributed by atoms with Gasteiger partial charge in [0.1, 0.15) is 0 Å². The summed E-state index contributed by atoms with van der Waals surface area (Å²) in [5, 5.41) is 0. The third-order valence-electron chi connectivity index (χ3n) is 5.19. The highest BCUT2D eigenvalue weighted by atomic mass is 35.5. The number of unbranched alkanes of at least 4 members (excludes halogenated alkanes) is 1. The molecule has 1 saturated heterocycles. The van der Waals surface area contributed by atoms with Crippen LogP contribution in [-0.4, -0.2) is 57.1 Å². The molecule has 1 aliphatic heterocycles. The lowest BCUT2D eigenvalue weighted by molar-refractivity contribution is 0.101. The Hall–Kier alpha value is -2.24. The Morgan fingerprint density at radius 2 is 1.69 bits per heavy atom. The maximum Gasteiger partial charge on any atom is 0.161 e. The minimum Gasteiger partial charge on any atom is -0.493 e. The van der Waals surface area contributed by atoms with Gasteiger partial charge in [0.25, 0.3) is 0 Å². The number of benzene rings is 2. The molecule has 2 aromatic carbocycles. The van der Waals surface area contributed by atoms with Crippen LogP contribution in [0.4, 0.5) is 5.69 Å². The van der Waals surface area contributed by atoms with Crippen LogP contribution in [0, 0.1) is 0 Å². The van der Waals surface area contributed by atoms with Gasteiger partial charge in [-0.3, -0.25) is 9.69 Å². The molecule has 0 atom stereocenters. The first-order chi connectivity index (χ1) is 13.7. The van der Waals surface area contributed by atoms with Crippen LogP contribution >= 0.6 is 12.4 Å². The van der Waals surface area contributed by atoms with E-state index in [4.69, 9.17) is 9.47 Å². The molecular weight excluding hydrogens is 388 g/mol. The van der Waals surface area contributed by atoms with Crippen LogP contribution < -0.4 is 14.4 Å². The zero-order valence-electron chi connectivity index (χ0n) is 17.3. The molecule has 0 spiro atoms. The Labute approximate surface area is 180 Å². The molecule has 3 rings (SSSR count). The number of Topliss-reactive ketones (excluding diaryl/α,β-unsaturated/α-hetero) is 1. The molecule has 0 saturated carbocycles. The largest absolute Gasteiger partial charge is 0.493 e. The molecule has 29 heavy (non-hydrogen) atoms. The fourth-order valence-corrected chi connectivity index (χ4v) is 3.49. The number of rotatable bonds is 9. The Morgan fingerprint density at radius 1 is 0.966 bits per heavy atom. The topological polar surface area (TPSA) is 42.0 Å². The van der Waals surface area contributed by atoms with E-state index in [2.05, 4.69) is 40.1 Å².